The molecule has 110 valence electrons. The van der Waals surface area contributed by atoms with Crippen molar-refractivity contribution in [3.05, 3.63) is 29.3 Å². The number of thioether (sulfide) groups is 1. The number of benzene rings is 1. The molecule has 2 aliphatic rings. The average Bonchev–Trinajstić information content (AvgIpc) is 2.95. The summed E-state index contributed by atoms with van der Waals surface area (Å²) in [5, 5.41) is 13.7. The second-order valence-electron chi connectivity index (χ2n) is 6.31. The highest BCUT2D eigenvalue weighted by atomic mass is 32.2. The quantitative estimate of drug-likeness (QED) is 0.894. The average molecular weight is 291 g/mol. The SMILES string of the molecule is CNC1(CO)CCCC(Sc2ccc3c(c2)CCC3)C1. The third-order valence-electron chi connectivity index (χ3n) is 5.01. The number of aliphatic hydroxyl groups excluding tert-OH is 1. The summed E-state index contributed by atoms with van der Waals surface area (Å²) in [5.41, 5.74) is 3.07. The van der Waals surface area contributed by atoms with E-state index in [9.17, 15) is 5.11 Å². The van der Waals surface area contributed by atoms with E-state index in [4.69, 9.17) is 0 Å². The number of rotatable bonds is 4. The molecule has 2 atom stereocenters. The van der Waals surface area contributed by atoms with E-state index < -0.39 is 0 Å². The Hall–Kier alpha value is -0.510. The van der Waals surface area contributed by atoms with Gasteiger partial charge in [0, 0.05) is 15.7 Å². The summed E-state index contributed by atoms with van der Waals surface area (Å²) in [6.07, 6.45) is 8.49. The van der Waals surface area contributed by atoms with Crippen LogP contribution in [0.4, 0.5) is 0 Å². The van der Waals surface area contributed by atoms with Gasteiger partial charge in [-0.2, -0.15) is 0 Å². The van der Waals surface area contributed by atoms with Gasteiger partial charge in [-0.3, -0.25) is 0 Å². The molecule has 2 N–H and O–H groups in total. The summed E-state index contributed by atoms with van der Waals surface area (Å²) in [4.78, 5) is 1.42. The van der Waals surface area contributed by atoms with E-state index in [2.05, 4.69) is 23.5 Å². The molecule has 1 aromatic carbocycles. The smallest absolute Gasteiger partial charge is 0.0613 e. The van der Waals surface area contributed by atoms with Gasteiger partial charge in [-0.05, 0) is 68.8 Å². The second kappa shape index (κ2) is 6.08. The van der Waals surface area contributed by atoms with Crippen LogP contribution in [0, 0.1) is 0 Å². The van der Waals surface area contributed by atoms with Gasteiger partial charge in [-0.1, -0.05) is 12.5 Å². The molecule has 20 heavy (non-hydrogen) atoms. The first-order valence-electron chi connectivity index (χ1n) is 7.83. The van der Waals surface area contributed by atoms with Gasteiger partial charge >= 0.3 is 0 Å². The van der Waals surface area contributed by atoms with Crippen molar-refractivity contribution in [2.24, 2.45) is 0 Å². The van der Waals surface area contributed by atoms with Crippen LogP contribution in [0.3, 0.4) is 0 Å². The molecule has 0 saturated heterocycles. The molecule has 0 bridgehead atoms. The van der Waals surface area contributed by atoms with Crippen LogP contribution in [0.1, 0.15) is 43.2 Å². The first kappa shape index (κ1) is 14.4. The van der Waals surface area contributed by atoms with Crippen LogP contribution >= 0.6 is 11.8 Å². The molecule has 1 saturated carbocycles. The standard InChI is InChI=1S/C17H25NOS/c1-18-17(12-19)9-3-6-16(11-17)20-15-8-7-13-4-2-5-14(13)10-15/h7-8,10,16,18-19H,2-6,9,11-12H2,1H3. The minimum absolute atomic E-state index is 0.0490. The molecule has 1 fully saturated rings. The molecule has 0 heterocycles. The van der Waals surface area contributed by atoms with Crippen molar-refractivity contribution in [1.29, 1.82) is 0 Å². The van der Waals surface area contributed by atoms with E-state index >= 15 is 0 Å². The molecule has 1 aromatic rings. The van der Waals surface area contributed by atoms with E-state index in [1.807, 2.05) is 18.8 Å². The lowest BCUT2D eigenvalue weighted by Gasteiger charge is -2.39. The highest BCUT2D eigenvalue weighted by Gasteiger charge is 2.34. The van der Waals surface area contributed by atoms with Gasteiger partial charge in [0.15, 0.2) is 0 Å². The van der Waals surface area contributed by atoms with Crippen LogP contribution in [0.5, 0.6) is 0 Å². The Morgan fingerprint density at radius 2 is 2.15 bits per heavy atom. The van der Waals surface area contributed by atoms with E-state index in [0.717, 1.165) is 12.8 Å². The first-order valence-corrected chi connectivity index (χ1v) is 8.71. The summed E-state index contributed by atoms with van der Waals surface area (Å²) in [6, 6.07) is 7.02. The number of hydrogen-bond acceptors (Lipinski definition) is 3. The Morgan fingerprint density at radius 1 is 1.30 bits per heavy atom. The van der Waals surface area contributed by atoms with Gasteiger partial charge < -0.3 is 10.4 Å². The van der Waals surface area contributed by atoms with Crippen molar-refractivity contribution in [2.45, 2.75) is 60.6 Å². The van der Waals surface area contributed by atoms with Crippen molar-refractivity contribution in [3.8, 4) is 0 Å². The van der Waals surface area contributed by atoms with E-state index in [-0.39, 0.29) is 12.1 Å². The van der Waals surface area contributed by atoms with Gasteiger partial charge in [-0.25, -0.2) is 0 Å². The minimum Gasteiger partial charge on any atom is -0.394 e. The molecule has 3 heteroatoms. The van der Waals surface area contributed by atoms with Gasteiger partial charge in [0.1, 0.15) is 0 Å². The highest BCUT2D eigenvalue weighted by molar-refractivity contribution is 8.00. The lowest BCUT2D eigenvalue weighted by atomic mass is 9.82. The van der Waals surface area contributed by atoms with Crippen molar-refractivity contribution in [3.63, 3.8) is 0 Å². The van der Waals surface area contributed by atoms with Crippen molar-refractivity contribution < 1.29 is 5.11 Å². The molecule has 0 spiro atoms. The molecule has 0 amide bonds. The maximum Gasteiger partial charge on any atom is 0.0613 e. The predicted octanol–water partition coefficient (Wildman–Crippen LogP) is 3.16. The maximum atomic E-state index is 9.68. The Morgan fingerprint density at radius 3 is 2.95 bits per heavy atom. The van der Waals surface area contributed by atoms with Crippen LogP contribution < -0.4 is 5.32 Å². The molecule has 2 nitrogen and oxygen atoms in total. The molecule has 2 unspecified atom stereocenters. The van der Waals surface area contributed by atoms with Crippen LogP contribution in [-0.2, 0) is 12.8 Å². The Bertz CT molecular complexity index is 470. The van der Waals surface area contributed by atoms with Crippen molar-refractivity contribution >= 4 is 11.8 Å². The third kappa shape index (κ3) is 2.90. The predicted molar refractivity (Wildman–Crippen MR) is 85.5 cm³/mol. The first-order chi connectivity index (χ1) is 9.74. The summed E-state index contributed by atoms with van der Waals surface area (Å²) in [5.74, 6) is 0. The second-order valence-corrected chi connectivity index (χ2v) is 7.68. The van der Waals surface area contributed by atoms with Gasteiger partial charge in [0.05, 0.1) is 6.61 Å². The largest absolute Gasteiger partial charge is 0.394 e. The lowest BCUT2D eigenvalue weighted by Crippen LogP contribution is -2.50. The zero-order valence-corrected chi connectivity index (χ0v) is 13.1. The Balaban J connectivity index is 1.68. The monoisotopic (exact) mass is 291 g/mol. The van der Waals surface area contributed by atoms with Crippen LogP contribution in [0.15, 0.2) is 23.1 Å². The number of nitrogens with one attached hydrogen (secondary N) is 1. The van der Waals surface area contributed by atoms with Gasteiger partial charge in [-0.15, -0.1) is 11.8 Å². The zero-order chi connectivity index (χ0) is 14.0. The topological polar surface area (TPSA) is 32.3 Å². The number of likely N-dealkylation sites (N-methyl/N-ethyl adjacent to an activating group) is 1. The van der Waals surface area contributed by atoms with Crippen molar-refractivity contribution in [2.75, 3.05) is 13.7 Å². The van der Waals surface area contributed by atoms with Crippen molar-refractivity contribution in [1.82, 2.24) is 5.32 Å². The minimum atomic E-state index is -0.0490. The Kier molecular flexibility index (Phi) is 4.39. The molecule has 0 aromatic heterocycles. The number of hydrogen-bond donors (Lipinski definition) is 2. The fourth-order valence-corrected chi connectivity index (χ4v) is 5.10. The molecule has 0 aliphatic heterocycles. The number of fused-ring (bicyclic) bond motifs is 1. The molecule has 3 rings (SSSR count). The number of aliphatic hydroxyl groups is 1. The highest BCUT2D eigenvalue weighted by Crippen LogP contribution is 2.39. The maximum absolute atomic E-state index is 9.68. The summed E-state index contributed by atoms with van der Waals surface area (Å²) in [7, 11) is 1.98. The molecular formula is C17H25NOS. The van der Waals surface area contributed by atoms with E-state index in [1.54, 1.807) is 11.1 Å². The lowest BCUT2D eigenvalue weighted by molar-refractivity contribution is 0.131. The Labute approximate surface area is 126 Å². The summed E-state index contributed by atoms with van der Waals surface area (Å²) >= 11 is 2.01. The van der Waals surface area contributed by atoms with E-state index in [1.165, 1.54) is 37.0 Å². The van der Waals surface area contributed by atoms with Gasteiger partial charge in [0.2, 0.25) is 0 Å². The molecule has 2 aliphatic carbocycles. The summed E-state index contributed by atoms with van der Waals surface area (Å²) in [6.45, 7) is 0.255. The molecule has 0 radical (unpaired) electrons. The van der Waals surface area contributed by atoms with Crippen LogP contribution in [0.2, 0.25) is 0 Å². The van der Waals surface area contributed by atoms with Crippen LogP contribution in [-0.4, -0.2) is 29.5 Å². The third-order valence-corrected chi connectivity index (χ3v) is 6.27. The summed E-state index contributed by atoms with van der Waals surface area (Å²) < 4.78 is 0. The van der Waals surface area contributed by atoms with Crippen LogP contribution in [0.25, 0.3) is 0 Å². The number of aryl methyl sites for hydroxylation is 2. The fraction of sp³-hybridized carbons (Fsp3) is 0.647. The fourth-order valence-electron chi connectivity index (χ4n) is 3.67. The van der Waals surface area contributed by atoms with Gasteiger partial charge in [0.25, 0.3) is 0 Å². The van der Waals surface area contributed by atoms with E-state index in [0.29, 0.717) is 5.25 Å². The normalized spacial score (nSPS) is 29.4. The zero-order valence-electron chi connectivity index (χ0n) is 12.3. The molecular weight excluding hydrogens is 266 g/mol.